The number of aromatic nitrogens is 3. The minimum Gasteiger partial charge on any atom is -0.311 e. The minimum atomic E-state index is 0.813. The van der Waals surface area contributed by atoms with E-state index in [0.29, 0.717) is 0 Å². The van der Waals surface area contributed by atoms with Gasteiger partial charge in [0.1, 0.15) is 5.52 Å². The first-order valence-corrected chi connectivity index (χ1v) is 5.64. The third-order valence-electron chi connectivity index (χ3n) is 2.85. The van der Waals surface area contributed by atoms with Gasteiger partial charge in [-0.1, -0.05) is 29.8 Å². The highest BCUT2D eigenvalue weighted by molar-refractivity contribution is 5.70. The lowest BCUT2D eigenvalue weighted by atomic mass is 10.1. The summed E-state index contributed by atoms with van der Waals surface area (Å²) >= 11 is 0. The summed E-state index contributed by atoms with van der Waals surface area (Å²) in [7, 11) is 0. The number of rotatable bonds is 2. The van der Waals surface area contributed by atoms with Crippen LogP contribution in [0.25, 0.3) is 11.2 Å². The molecule has 0 amide bonds. The predicted molar refractivity (Wildman–Crippen MR) is 67.8 cm³/mol. The maximum absolute atomic E-state index is 4.36. The van der Waals surface area contributed by atoms with Crippen molar-refractivity contribution in [1.29, 1.82) is 0 Å². The quantitative estimate of drug-likeness (QED) is 0.668. The molecule has 0 radical (unpaired) electrons. The Morgan fingerprint density at radius 3 is 2.71 bits per heavy atom. The van der Waals surface area contributed by atoms with Gasteiger partial charge in [0.25, 0.3) is 0 Å². The minimum absolute atomic E-state index is 0.813. The summed E-state index contributed by atoms with van der Waals surface area (Å²) in [4.78, 5) is 8.69. The van der Waals surface area contributed by atoms with E-state index >= 15 is 0 Å². The summed E-state index contributed by atoms with van der Waals surface area (Å²) in [5, 5.41) is 0. The molecule has 3 rings (SSSR count). The largest absolute Gasteiger partial charge is 0.311 e. The molecule has 0 spiro atoms. The highest BCUT2D eigenvalue weighted by atomic mass is 15.1. The molecule has 1 aromatic carbocycles. The van der Waals surface area contributed by atoms with Gasteiger partial charge >= 0.3 is 0 Å². The first-order valence-electron chi connectivity index (χ1n) is 5.64. The fraction of sp³-hybridized carbons (Fsp3) is 0.143. The molecule has 0 bridgehead atoms. The first kappa shape index (κ1) is 10.0. The second-order valence-electron chi connectivity index (χ2n) is 4.20. The molecule has 3 heteroatoms. The van der Waals surface area contributed by atoms with Crippen LogP contribution in [0.1, 0.15) is 11.1 Å². The summed E-state index contributed by atoms with van der Waals surface area (Å²) in [6, 6.07) is 12.4. The monoisotopic (exact) mass is 223 g/mol. The Labute approximate surface area is 99.8 Å². The van der Waals surface area contributed by atoms with E-state index in [1.165, 1.54) is 11.1 Å². The van der Waals surface area contributed by atoms with Crippen LogP contribution < -0.4 is 0 Å². The second-order valence-corrected chi connectivity index (χ2v) is 4.20. The average Bonchev–Trinajstić information content (AvgIpc) is 2.76. The van der Waals surface area contributed by atoms with Gasteiger partial charge in [-0.15, -0.1) is 0 Å². The number of imidazole rings is 1. The van der Waals surface area contributed by atoms with E-state index < -0.39 is 0 Å². The Kier molecular flexibility index (Phi) is 2.37. The number of aryl methyl sites for hydroxylation is 1. The molecule has 0 aliphatic carbocycles. The molecule has 0 saturated heterocycles. The van der Waals surface area contributed by atoms with Crippen LogP contribution in [-0.2, 0) is 6.54 Å². The average molecular weight is 223 g/mol. The van der Waals surface area contributed by atoms with Crippen LogP contribution in [-0.4, -0.2) is 14.5 Å². The smallest absolute Gasteiger partial charge is 0.160 e. The summed E-state index contributed by atoms with van der Waals surface area (Å²) in [6.45, 7) is 2.91. The van der Waals surface area contributed by atoms with Crippen LogP contribution in [0.15, 0.2) is 48.9 Å². The SMILES string of the molecule is Cc1ccc(Cn2cnc3cccnc32)cc1. The number of hydrogen-bond acceptors (Lipinski definition) is 2. The molecule has 0 fully saturated rings. The second kappa shape index (κ2) is 4.01. The molecule has 0 aliphatic heterocycles. The van der Waals surface area contributed by atoms with E-state index in [-0.39, 0.29) is 0 Å². The van der Waals surface area contributed by atoms with Crippen LogP contribution in [0.2, 0.25) is 0 Å². The number of fused-ring (bicyclic) bond motifs is 1. The fourth-order valence-electron chi connectivity index (χ4n) is 1.90. The lowest BCUT2D eigenvalue weighted by molar-refractivity contribution is 0.814. The Hall–Kier alpha value is -2.16. The van der Waals surface area contributed by atoms with Crippen molar-refractivity contribution < 1.29 is 0 Å². The zero-order valence-corrected chi connectivity index (χ0v) is 9.67. The topological polar surface area (TPSA) is 30.7 Å². The molecule has 0 saturated carbocycles. The van der Waals surface area contributed by atoms with Gasteiger partial charge in [-0.25, -0.2) is 9.97 Å². The maximum atomic E-state index is 4.36. The van der Waals surface area contributed by atoms with E-state index in [4.69, 9.17) is 0 Å². The van der Waals surface area contributed by atoms with Crippen LogP contribution in [0.5, 0.6) is 0 Å². The Bertz CT molecular complexity index is 638. The zero-order valence-electron chi connectivity index (χ0n) is 9.67. The van der Waals surface area contributed by atoms with Crippen LogP contribution in [0.4, 0.5) is 0 Å². The molecule has 17 heavy (non-hydrogen) atoms. The number of benzene rings is 1. The molecule has 2 heterocycles. The molecule has 0 unspecified atom stereocenters. The van der Waals surface area contributed by atoms with Crippen molar-refractivity contribution in [2.75, 3.05) is 0 Å². The van der Waals surface area contributed by atoms with Crippen LogP contribution in [0.3, 0.4) is 0 Å². The van der Waals surface area contributed by atoms with Gasteiger partial charge in [0.15, 0.2) is 5.65 Å². The third kappa shape index (κ3) is 1.91. The molecule has 2 aromatic heterocycles. The van der Waals surface area contributed by atoms with Gasteiger partial charge in [-0.2, -0.15) is 0 Å². The van der Waals surface area contributed by atoms with Crippen molar-refractivity contribution in [3.63, 3.8) is 0 Å². The van der Waals surface area contributed by atoms with Gasteiger partial charge in [0, 0.05) is 6.20 Å². The van der Waals surface area contributed by atoms with Gasteiger partial charge in [-0.3, -0.25) is 0 Å². The molecule has 0 N–H and O–H groups in total. The Balaban J connectivity index is 1.97. The van der Waals surface area contributed by atoms with Crippen molar-refractivity contribution in [3.05, 3.63) is 60.0 Å². The molecular formula is C14H13N3. The number of hydrogen-bond donors (Lipinski definition) is 0. The summed E-state index contributed by atoms with van der Waals surface area (Å²) in [5.74, 6) is 0. The lowest BCUT2D eigenvalue weighted by Crippen LogP contribution is -1.98. The van der Waals surface area contributed by atoms with Crippen molar-refractivity contribution >= 4 is 11.2 Å². The van der Waals surface area contributed by atoms with Gasteiger partial charge in [0.05, 0.1) is 12.9 Å². The molecule has 0 atom stereocenters. The number of pyridine rings is 1. The van der Waals surface area contributed by atoms with Crippen molar-refractivity contribution in [2.45, 2.75) is 13.5 Å². The van der Waals surface area contributed by atoms with Crippen molar-refractivity contribution in [2.24, 2.45) is 0 Å². The standard InChI is InChI=1S/C14H13N3/c1-11-4-6-12(7-5-11)9-17-10-16-13-3-2-8-15-14(13)17/h2-8,10H,9H2,1H3. The molecule has 84 valence electrons. The van der Waals surface area contributed by atoms with E-state index in [0.717, 1.165) is 17.7 Å². The molecule has 3 aromatic rings. The molecule has 0 aliphatic rings. The highest BCUT2D eigenvalue weighted by Gasteiger charge is 2.03. The Morgan fingerprint density at radius 1 is 1.06 bits per heavy atom. The first-order chi connectivity index (χ1) is 8.33. The van der Waals surface area contributed by atoms with Gasteiger partial charge in [-0.05, 0) is 24.6 Å². The van der Waals surface area contributed by atoms with Gasteiger partial charge < -0.3 is 4.57 Å². The zero-order chi connectivity index (χ0) is 11.7. The van der Waals surface area contributed by atoms with Crippen LogP contribution >= 0.6 is 0 Å². The van der Waals surface area contributed by atoms with E-state index in [1.54, 1.807) is 6.20 Å². The van der Waals surface area contributed by atoms with Crippen LogP contribution in [0, 0.1) is 6.92 Å². The molecule has 3 nitrogen and oxygen atoms in total. The normalized spacial score (nSPS) is 10.9. The molecular weight excluding hydrogens is 210 g/mol. The van der Waals surface area contributed by atoms with Crippen molar-refractivity contribution in [1.82, 2.24) is 14.5 Å². The van der Waals surface area contributed by atoms with E-state index in [1.807, 2.05) is 18.5 Å². The van der Waals surface area contributed by atoms with E-state index in [9.17, 15) is 0 Å². The fourth-order valence-corrected chi connectivity index (χ4v) is 1.90. The highest BCUT2D eigenvalue weighted by Crippen LogP contribution is 2.12. The summed E-state index contributed by atoms with van der Waals surface area (Å²) in [5.41, 5.74) is 4.43. The lowest BCUT2D eigenvalue weighted by Gasteiger charge is -2.04. The van der Waals surface area contributed by atoms with Gasteiger partial charge in [0.2, 0.25) is 0 Å². The summed E-state index contributed by atoms with van der Waals surface area (Å²) in [6.07, 6.45) is 3.65. The third-order valence-corrected chi connectivity index (χ3v) is 2.85. The number of nitrogens with zero attached hydrogens (tertiary/aromatic N) is 3. The predicted octanol–water partition coefficient (Wildman–Crippen LogP) is 2.79. The summed E-state index contributed by atoms with van der Waals surface area (Å²) < 4.78 is 2.07. The maximum Gasteiger partial charge on any atom is 0.160 e. The Morgan fingerprint density at radius 2 is 1.88 bits per heavy atom. The van der Waals surface area contributed by atoms with Crippen molar-refractivity contribution in [3.8, 4) is 0 Å². The van der Waals surface area contributed by atoms with E-state index in [2.05, 4.69) is 45.7 Å².